The molecule has 1 N–H and O–H groups in total. The highest BCUT2D eigenvalue weighted by Crippen LogP contribution is 2.43. The third-order valence-corrected chi connectivity index (χ3v) is 5.64. The van der Waals surface area contributed by atoms with Crippen molar-refractivity contribution in [3.8, 4) is 0 Å². The number of Topliss-reactive ketones (excluding diaryl/α,β-unsaturated/α-hetero) is 1. The van der Waals surface area contributed by atoms with Crippen molar-refractivity contribution in [1.82, 2.24) is 0 Å². The van der Waals surface area contributed by atoms with Gasteiger partial charge in [0.15, 0.2) is 5.76 Å². The van der Waals surface area contributed by atoms with Crippen LogP contribution in [-0.4, -0.2) is 16.8 Å². The minimum Gasteiger partial charge on any atom is -0.503 e. The van der Waals surface area contributed by atoms with Crippen LogP contribution in [0.2, 0.25) is 0 Å². The van der Waals surface area contributed by atoms with Crippen LogP contribution in [0.1, 0.15) is 26.8 Å². The summed E-state index contributed by atoms with van der Waals surface area (Å²) in [5, 5.41) is 12.4. The van der Waals surface area contributed by atoms with E-state index in [4.69, 9.17) is 0 Å². The molecular weight excluding hydrogens is 377 g/mol. The van der Waals surface area contributed by atoms with Crippen LogP contribution in [0.15, 0.2) is 77.4 Å². The lowest BCUT2D eigenvalue weighted by molar-refractivity contribution is -0.117. The second kappa shape index (κ2) is 7.05. The fourth-order valence-electron chi connectivity index (χ4n) is 3.46. The fraction of sp³-hybridized carbons (Fsp3) is 0.0909. The Kier molecular flexibility index (Phi) is 4.57. The van der Waals surface area contributed by atoms with Gasteiger partial charge in [-0.3, -0.25) is 14.5 Å². The monoisotopic (exact) mass is 393 g/mol. The third kappa shape index (κ3) is 2.92. The topological polar surface area (TPSA) is 57.6 Å². The summed E-state index contributed by atoms with van der Waals surface area (Å²) in [6, 6.07) is 15.4. The number of amides is 1. The lowest BCUT2D eigenvalue weighted by Crippen LogP contribution is -2.31. The Morgan fingerprint density at radius 2 is 1.89 bits per heavy atom. The van der Waals surface area contributed by atoms with E-state index in [0.29, 0.717) is 10.4 Å². The summed E-state index contributed by atoms with van der Waals surface area (Å²) in [5.41, 5.74) is 1.83. The van der Waals surface area contributed by atoms with Gasteiger partial charge in [0.05, 0.1) is 16.5 Å². The van der Waals surface area contributed by atoms with E-state index in [2.05, 4.69) is 0 Å². The number of rotatable bonds is 4. The number of anilines is 1. The first kappa shape index (κ1) is 18.1. The molecule has 1 aromatic heterocycles. The maximum Gasteiger partial charge on any atom is 0.294 e. The van der Waals surface area contributed by atoms with Crippen LogP contribution in [0, 0.1) is 12.7 Å². The summed E-state index contributed by atoms with van der Waals surface area (Å²) >= 11 is 1.24. The smallest absolute Gasteiger partial charge is 0.294 e. The van der Waals surface area contributed by atoms with E-state index in [1.165, 1.54) is 34.4 Å². The Labute approximate surface area is 165 Å². The van der Waals surface area contributed by atoms with E-state index in [-0.39, 0.29) is 11.3 Å². The molecule has 6 heteroatoms. The fourth-order valence-corrected chi connectivity index (χ4v) is 4.14. The zero-order chi connectivity index (χ0) is 19.8. The van der Waals surface area contributed by atoms with Crippen molar-refractivity contribution in [1.29, 1.82) is 0 Å². The van der Waals surface area contributed by atoms with Gasteiger partial charge in [-0.1, -0.05) is 36.4 Å². The maximum atomic E-state index is 13.9. The molecule has 0 spiro atoms. The van der Waals surface area contributed by atoms with Gasteiger partial charge in [-0.05, 0) is 47.7 Å². The average molecular weight is 393 g/mol. The number of ketones is 1. The Hall–Kier alpha value is -3.25. The predicted molar refractivity (Wildman–Crippen MR) is 106 cm³/mol. The largest absolute Gasteiger partial charge is 0.503 e. The number of nitrogens with zero attached hydrogens (tertiary/aromatic N) is 1. The van der Waals surface area contributed by atoms with Crippen molar-refractivity contribution in [3.63, 3.8) is 0 Å². The molecule has 28 heavy (non-hydrogen) atoms. The van der Waals surface area contributed by atoms with E-state index in [1.54, 1.807) is 35.7 Å². The quantitative estimate of drug-likeness (QED) is 0.636. The Bertz CT molecular complexity index is 1100. The van der Waals surface area contributed by atoms with Gasteiger partial charge in [0.1, 0.15) is 5.82 Å². The Balaban J connectivity index is 1.92. The van der Waals surface area contributed by atoms with Gasteiger partial charge in [0, 0.05) is 5.69 Å². The molecule has 140 valence electrons. The molecule has 1 atom stereocenters. The SMILES string of the molecule is Cc1ccccc1C1C(C(=O)c2cccs2)=C(O)C(=O)N1c1cccc(F)c1. The minimum atomic E-state index is -0.843. The summed E-state index contributed by atoms with van der Waals surface area (Å²) in [6.07, 6.45) is 0. The van der Waals surface area contributed by atoms with E-state index in [9.17, 15) is 19.1 Å². The van der Waals surface area contributed by atoms with Crippen LogP contribution < -0.4 is 4.90 Å². The zero-order valence-electron chi connectivity index (χ0n) is 14.9. The molecule has 2 aromatic carbocycles. The number of thiophene rings is 1. The van der Waals surface area contributed by atoms with Gasteiger partial charge < -0.3 is 5.11 Å². The van der Waals surface area contributed by atoms with E-state index in [0.717, 1.165) is 5.56 Å². The van der Waals surface area contributed by atoms with E-state index in [1.807, 2.05) is 19.1 Å². The maximum absolute atomic E-state index is 13.9. The zero-order valence-corrected chi connectivity index (χ0v) is 15.7. The number of aryl methyl sites for hydroxylation is 1. The van der Waals surface area contributed by atoms with Gasteiger partial charge >= 0.3 is 0 Å². The molecule has 0 radical (unpaired) electrons. The molecule has 1 unspecified atom stereocenters. The molecule has 4 rings (SSSR count). The molecule has 1 amide bonds. The molecule has 1 aliphatic heterocycles. The van der Waals surface area contributed by atoms with E-state index < -0.39 is 29.3 Å². The van der Waals surface area contributed by atoms with Crippen LogP contribution in [0.4, 0.5) is 10.1 Å². The molecule has 0 saturated heterocycles. The molecule has 0 fully saturated rings. The number of carbonyl (C=O) groups is 2. The Morgan fingerprint density at radius 3 is 2.57 bits per heavy atom. The normalized spacial score (nSPS) is 16.7. The van der Waals surface area contributed by atoms with Crippen molar-refractivity contribution < 1.29 is 19.1 Å². The van der Waals surface area contributed by atoms with Gasteiger partial charge in [0.2, 0.25) is 5.78 Å². The van der Waals surface area contributed by atoms with Crippen LogP contribution in [0.25, 0.3) is 0 Å². The number of aliphatic hydroxyl groups excluding tert-OH is 1. The number of hydrogen-bond donors (Lipinski definition) is 1. The molecule has 2 heterocycles. The van der Waals surface area contributed by atoms with Gasteiger partial charge in [-0.15, -0.1) is 11.3 Å². The van der Waals surface area contributed by atoms with Crippen molar-refractivity contribution in [2.45, 2.75) is 13.0 Å². The van der Waals surface area contributed by atoms with Crippen molar-refractivity contribution in [2.24, 2.45) is 0 Å². The predicted octanol–water partition coefficient (Wildman–Crippen LogP) is 4.98. The highest BCUT2D eigenvalue weighted by atomic mass is 32.1. The number of hydrogen-bond acceptors (Lipinski definition) is 4. The highest BCUT2D eigenvalue weighted by molar-refractivity contribution is 7.12. The molecular formula is C22H16FNO3S. The van der Waals surface area contributed by atoms with Gasteiger partial charge in [-0.2, -0.15) is 0 Å². The number of aliphatic hydroxyl groups is 1. The summed E-state index contributed by atoms with van der Waals surface area (Å²) in [6.45, 7) is 1.87. The first-order valence-corrected chi connectivity index (χ1v) is 9.53. The molecule has 3 aromatic rings. The first-order valence-electron chi connectivity index (χ1n) is 8.65. The van der Waals surface area contributed by atoms with Crippen molar-refractivity contribution in [2.75, 3.05) is 4.90 Å². The second-order valence-electron chi connectivity index (χ2n) is 6.48. The molecule has 0 aliphatic carbocycles. The van der Waals surface area contributed by atoms with Gasteiger partial charge in [0.25, 0.3) is 5.91 Å². The first-order chi connectivity index (χ1) is 13.5. The van der Waals surface area contributed by atoms with Crippen LogP contribution >= 0.6 is 11.3 Å². The van der Waals surface area contributed by atoms with Crippen LogP contribution in [-0.2, 0) is 4.79 Å². The number of benzene rings is 2. The molecule has 0 saturated carbocycles. The highest BCUT2D eigenvalue weighted by Gasteiger charge is 2.45. The van der Waals surface area contributed by atoms with Crippen LogP contribution in [0.3, 0.4) is 0 Å². The molecule has 4 nitrogen and oxygen atoms in total. The molecule has 1 aliphatic rings. The van der Waals surface area contributed by atoms with Crippen molar-refractivity contribution >= 4 is 28.7 Å². The summed E-state index contributed by atoms with van der Waals surface area (Å²) in [7, 11) is 0. The molecule has 0 bridgehead atoms. The summed E-state index contributed by atoms with van der Waals surface area (Å²) in [4.78, 5) is 27.8. The average Bonchev–Trinajstić information content (AvgIpc) is 3.30. The summed E-state index contributed by atoms with van der Waals surface area (Å²) < 4.78 is 13.9. The number of halogens is 1. The second-order valence-corrected chi connectivity index (χ2v) is 7.43. The standard InChI is InChI=1S/C22H16FNO3S/c1-13-6-2-3-9-16(13)19-18(20(25)17-10-5-11-28-17)21(26)22(27)24(19)15-8-4-7-14(23)12-15/h2-12,19,26H,1H3. The Morgan fingerprint density at radius 1 is 1.11 bits per heavy atom. The number of carbonyl (C=O) groups excluding carboxylic acids is 2. The van der Waals surface area contributed by atoms with Crippen molar-refractivity contribution in [3.05, 3.63) is 99.2 Å². The van der Waals surface area contributed by atoms with E-state index >= 15 is 0 Å². The minimum absolute atomic E-state index is 0.00557. The lowest BCUT2D eigenvalue weighted by Gasteiger charge is -2.28. The summed E-state index contributed by atoms with van der Waals surface area (Å²) in [5.74, 6) is -2.24. The van der Waals surface area contributed by atoms with Gasteiger partial charge in [-0.25, -0.2) is 4.39 Å². The van der Waals surface area contributed by atoms with Crippen LogP contribution in [0.5, 0.6) is 0 Å². The third-order valence-electron chi connectivity index (χ3n) is 4.77. The lowest BCUT2D eigenvalue weighted by atomic mass is 9.92.